The van der Waals surface area contributed by atoms with Gasteiger partial charge >= 0.3 is 0 Å². The number of rotatable bonds is 6. The lowest BCUT2D eigenvalue weighted by molar-refractivity contribution is -0.385. The van der Waals surface area contributed by atoms with Gasteiger partial charge in [-0.05, 0) is 12.0 Å². The highest BCUT2D eigenvalue weighted by Crippen LogP contribution is 2.25. The van der Waals surface area contributed by atoms with Crippen molar-refractivity contribution in [1.29, 1.82) is 0 Å². The van der Waals surface area contributed by atoms with E-state index in [1.807, 2.05) is 13.0 Å². The summed E-state index contributed by atoms with van der Waals surface area (Å²) in [5.74, 6) is 0.466. The van der Waals surface area contributed by atoms with Crippen LogP contribution >= 0.6 is 0 Å². The fourth-order valence-corrected chi connectivity index (χ4v) is 2.08. The molecule has 20 heavy (non-hydrogen) atoms. The van der Waals surface area contributed by atoms with Crippen LogP contribution in [0.15, 0.2) is 30.5 Å². The zero-order chi connectivity index (χ0) is 14.5. The molecule has 6 nitrogen and oxygen atoms in total. The van der Waals surface area contributed by atoms with Gasteiger partial charge in [0.15, 0.2) is 0 Å². The molecule has 0 aliphatic heterocycles. The summed E-state index contributed by atoms with van der Waals surface area (Å²) in [6, 6.07) is 6.87. The highest BCUT2D eigenvalue weighted by atomic mass is 16.6. The van der Waals surface area contributed by atoms with Crippen LogP contribution in [0.4, 0.5) is 5.69 Å². The van der Waals surface area contributed by atoms with Crippen molar-refractivity contribution >= 4 is 5.69 Å². The highest BCUT2D eigenvalue weighted by molar-refractivity contribution is 5.45. The van der Waals surface area contributed by atoms with Crippen molar-refractivity contribution in [3.63, 3.8) is 0 Å². The van der Waals surface area contributed by atoms with Gasteiger partial charge in [-0.2, -0.15) is 0 Å². The number of nitrogens with zero attached hydrogens (tertiary/aromatic N) is 3. The Labute approximate surface area is 117 Å². The Balaban J connectivity index is 2.25. The largest absolute Gasteiger partial charge is 0.471 e. The maximum atomic E-state index is 11.1. The Morgan fingerprint density at radius 2 is 2.20 bits per heavy atom. The highest BCUT2D eigenvalue weighted by Gasteiger charge is 2.17. The first-order chi connectivity index (χ1) is 9.61. The van der Waals surface area contributed by atoms with Crippen LogP contribution in [0.25, 0.3) is 0 Å². The zero-order valence-corrected chi connectivity index (χ0v) is 11.6. The average molecular weight is 275 g/mol. The average Bonchev–Trinajstić information content (AvgIpc) is 2.83. The van der Waals surface area contributed by atoms with Crippen molar-refractivity contribution in [3.8, 4) is 5.88 Å². The van der Waals surface area contributed by atoms with Gasteiger partial charge in [-0.25, -0.2) is 0 Å². The molecule has 1 heterocycles. The number of aromatic nitrogens is 2. The molecule has 0 aliphatic rings. The molecule has 2 aromatic rings. The number of benzene rings is 1. The van der Waals surface area contributed by atoms with E-state index in [-0.39, 0.29) is 17.2 Å². The van der Waals surface area contributed by atoms with Crippen molar-refractivity contribution < 1.29 is 9.66 Å². The maximum Gasteiger partial charge on any atom is 0.276 e. The van der Waals surface area contributed by atoms with Gasteiger partial charge in [0.05, 0.1) is 10.5 Å². The fraction of sp³-hybridized carbons (Fsp3) is 0.357. The van der Waals surface area contributed by atoms with Crippen LogP contribution in [0.3, 0.4) is 0 Å². The monoisotopic (exact) mass is 275 g/mol. The lowest BCUT2D eigenvalue weighted by atomic mass is 10.0. The summed E-state index contributed by atoms with van der Waals surface area (Å²) < 4.78 is 7.18. The molecule has 0 saturated carbocycles. The van der Waals surface area contributed by atoms with Gasteiger partial charge in [0, 0.05) is 25.4 Å². The maximum absolute atomic E-state index is 11.1. The summed E-state index contributed by atoms with van der Waals surface area (Å²) in [6.45, 7) is 2.20. The van der Waals surface area contributed by atoms with Gasteiger partial charge < -0.3 is 4.74 Å². The Morgan fingerprint density at radius 1 is 1.40 bits per heavy atom. The number of nitro benzene ring substituents is 1. The standard InChI is InChI=1S/C14H17N3O3/c1-3-5-11-6-4-7-13(17(18)19)12(11)10-20-14-8-9-16(2)15-14/h4,6-9H,3,5,10H2,1-2H3. The Kier molecular flexibility index (Phi) is 4.34. The van der Waals surface area contributed by atoms with E-state index >= 15 is 0 Å². The molecular weight excluding hydrogens is 258 g/mol. The molecule has 0 bridgehead atoms. The van der Waals surface area contributed by atoms with Crippen molar-refractivity contribution in [2.45, 2.75) is 26.4 Å². The van der Waals surface area contributed by atoms with Gasteiger partial charge in [-0.3, -0.25) is 14.8 Å². The van der Waals surface area contributed by atoms with E-state index in [1.54, 1.807) is 30.1 Å². The predicted octanol–water partition coefficient (Wildman–Crippen LogP) is 2.86. The lowest BCUT2D eigenvalue weighted by Gasteiger charge is -2.09. The zero-order valence-electron chi connectivity index (χ0n) is 11.6. The molecule has 0 N–H and O–H groups in total. The first kappa shape index (κ1) is 14.0. The molecule has 0 unspecified atom stereocenters. The molecule has 0 atom stereocenters. The van der Waals surface area contributed by atoms with Crippen LogP contribution in [0.5, 0.6) is 5.88 Å². The molecule has 0 aliphatic carbocycles. The molecule has 2 rings (SSSR count). The third-order valence-corrected chi connectivity index (χ3v) is 3.02. The molecule has 6 heteroatoms. The summed E-state index contributed by atoms with van der Waals surface area (Å²) in [6.07, 6.45) is 3.49. The van der Waals surface area contributed by atoms with E-state index in [9.17, 15) is 10.1 Å². The van der Waals surface area contributed by atoms with Gasteiger partial charge in [0.25, 0.3) is 5.69 Å². The van der Waals surface area contributed by atoms with Crippen LogP contribution in [-0.2, 0) is 20.1 Å². The third kappa shape index (κ3) is 3.14. The Hall–Kier alpha value is -2.37. The van der Waals surface area contributed by atoms with Crippen molar-refractivity contribution in [3.05, 3.63) is 51.7 Å². The van der Waals surface area contributed by atoms with E-state index in [2.05, 4.69) is 5.10 Å². The molecule has 0 fully saturated rings. The molecule has 106 valence electrons. The van der Waals surface area contributed by atoms with Crippen LogP contribution in [-0.4, -0.2) is 14.7 Å². The van der Waals surface area contributed by atoms with E-state index in [0.29, 0.717) is 11.4 Å². The van der Waals surface area contributed by atoms with Crippen LogP contribution in [0, 0.1) is 10.1 Å². The first-order valence-corrected chi connectivity index (χ1v) is 6.49. The van der Waals surface area contributed by atoms with Gasteiger partial charge in [-0.15, -0.1) is 5.10 Å². The molecule has 1 aromatic carbocycles. The predicted molar refractivity (Wildman–Crippen MR) is 74.6 cm³/mol. The second-order valence-electron chi connectivity index (χ2n) is 4.54. The van der Waals surface area contributed by atoms with E-state index < -0.39 is 0 Å². The third-order valence-electron chi connectivity index (χ3n) is 3.02. The fourth-order valence-electron chi connectivity index (χ4n) is 2.08. The normalized spacial score (nSPS) is 10.5. The molecule has 1 aromatic heterocycles. The number of ether oxygens (including phenoxy) is 1. The van der Waals surface area contributed by atoms with Crippen LogP contribution in [0.1, 0.15) is 24.5 Å². The second-order valence-corrected chi connectivity index (χ2v) is 4.54. The van der Waals surface area contributed by atoms with Crippen LogP contribution in [0.2, 0.25) is 0 Å². The summed E-state index contributed by atoms with van der Waals surface area (Å²) in [5.41, 5.74) is 1.69. The quantitative estimate of drug-likeness (QED) is 0.600. The summed E-state index contributed by atoms with van der Waals surface area (Å²) in [7, 11) is 1.79. The van der Waals surface area contributed by atoms with Crippen molar-refractivity contribution in [1.82, 2.24) is 9.78 Å². The van der Waals surface area contributed by atoms with Gasteiger partial charge in [0.1, 0.15) is 6.61 Å². The molecular formula is C14H17N3O3. The number of nitro groups is 1. The molecule has 0 amide bonds. The number of hydrogen-bond donors (Lipinski definition) is 0. The Bertz CT molecular complexity index is 607. The first-order valence-electron chi connectivity index (χ1n) is 6.49. The second kappa shape index (κ2) is 6.18. The van der Waals surface area contributed by atoms with Gasteiger partial charge in [0.2, 0.25) is 5.88 Å². The SMILES string of the molecule is CCCc1cccc([N+](=O)[O-])c1COc1ccn(C)n1. The lowest BCUT2D eigenvalue weighted by Crippen LogP contribution is -2.05. The minimum absolute atomic E-state index is 0.104. The van der Waals surface area contributed by atoms with Crippen LogP contribution < -0.4 is 4.74 Å². The summed E-state index contributed by atoms with van der Waals surface area (Å²) in [4.78, 5) is 10.8. The topological polar surface area (TPSA) is 70.2 Å². The minimum atomic E-state index is -0.365. The molecule has 0 radical (unpaired) electrons. The summed E-state index contributed by atoms with van der Waals surface area (Å²) >= 11 is 0. The number of hydrogen-bond acceptors (Lipinski definition) is 4. The minimum Gasteiger partial charge on any atom is -0.471 e. The van der Waals surface area contributed by atoms with Crippen molar-refractivity contribution in [2.24, 2.45) is 7.05 Å². The van der Waals surface area contributed by atoms with Gasteiger partial charge in [-0.1, -0.05) is 25.5 Å². The van der Waals surface area contributed by atoms with E-state index in [1.165, 1.54) is 6.07 Å². The number of aryl methyl sites for hydroxylation is 2. The Morgan fingerprint density at radius 3 is 2.80 bits per heavy atom. The molecule has 0 saturated heterocycles. The summed E-state index contributed by atoms with van der Waals surface area (Å²) in [5, 5.41) is 15.2. The van der Waals surface area contributed by atoms with E-state index in [0.717, 1.165) is 18.4 Å². The molecule has 0 spiro atoms. The van der Waals surface area contributed by atoms with E-state index in [4.69, 9.17) is 4.74 Å². The smallest absolute Gasteiger partial charge is 0.276 e. The van der Waals surface area contributed by atoms with Crippen molar-refractivity contribution in [2.75, 3.05) is 0 Å².